The largest absolute Gasteiger partial charge is 0.416 e. The first kappa shape index (κ1) is 13.6. The van der Waals surface area contributed by atoms with Crippen LogP contribution in [0.1, 0.15) is 30.4 Å². The molecule has 4 atom stereocenters. The van der Waals surface area contributed by atoms with Gasteiger partial charge in [-0.05, 0) is 60.6 Å². The zero-order chi connectivity index (χ0) is 14.8. The highest BCUT2D eigenvalue weighted by molar-refractivity contribution is 5.31. The molecule has 3 saturated carbocycles. The van der Waals surface area contributed by atoms with Crippen molar-refractivity contribution in [3.8, 4) is 0 Å². The van der Waals surface area contributed by atoms with Gasteiger partial charge < -0.3 is 5.32 Å². The number of alkyl halides is 3. The molecule has 0 heterocycles. The summed E-state index contributed by atoms with van der Waals surface area (Å²) < 4.78 is 51.9. The van der Waals surface area contributed by atoms with E-state index in [9.17, 15) is 17.6 Å². The van der Waals surface area contributed by atoms with Gasteiger partial charge in [-0.2, -0.15) is 13.2 Å². The van der Waals surface area contributed by atoms with Crippen LogP contribution in [0.5, 0.6) is 0 Å². The second-order valence-corrected chi connectivity index (χ2v) is 6.69. The second-order valence-electron chi connectivity index (χ2n) is 6.69. The van der Waals surface area contributed by atoms with E-state index in [-0.39, 0.29) is 12.1 Å². The molecule has 4 rings (SSSR count). The molecule has 1 aromatic rings. The molecular formula is C16H17F4N. The summed E-state index contributed by atoms with van der Waals surface area (Å²) in [6, 6.07) is 3.32. The Hall–Kier alpha value is -1.10. The van der Waals surface area contributed by atoms with Gasteiger partial charge in [0.15, 0.2) is 0 Å². The molecule has 1 nitrogen and oxygen atoms in total. The van der Waals surface area contributed by atoms with E-state index in [2.05, 4.69) is 5.32 Å². The van der Waals surface area contributed by atoms with Gasteiger partial charge in [0, 0.05) is 12.6 Å². The summed E-state index contributed by atoms with van der Waals surface area (Å²) in [5.41, 5.74) is -0.718. The number of rotatable bonds is 3. The van der Waals surface area contributed by atoms with Crippen molar-refractivity contribution < 1.29 is 17.6 Å². The van der Waals surface area contributed by atoms with Gasteiger partial charge in [-0.25, -0.2) is 4.39 Å². The molecule has 3 aliphatic carbocycles. The normalized spacial score (nSPS) is 36.9. The molecule has 0 spiro atoms. The van der Waals surface area contributed by atoms with Crippen molar-refractivity contribution in [2.45, 2.75) is 38.0 Å². The highest BCUT2D eigenvalue weighted by Gasteiger charge is 2.64. The van der Waals surface area contributed by atoms with E-state index in [1.807, 2.05) is 0 Å². The SMILES string of the molecule is Fc1ccc(CNC2C3C4CCC(C4)C23)c(C(F)(F)F)c1. The quantitative estimate of drug-likeness (QED) is 0.833. The minimum atomic E-state index is -4.50. The predicted octanol–water partition coefficient (Wildman–Crippen LogP) is 3.98. The molecule has 4 unspecified atom stereocenters. The fourth-order valence-electron chi connectivity index (χ4n) is 4.79. The van der Waals surface area contributed by atoms with Gasteiger partial charge in [0.05, 0.1) is 5.56 Å². The molecule has 3 fully saturated rings. The highest BCUT2D eigenvalue weighted by atomic mass is 19.4. The Labute approximate surface area is 120 Å². The van der Waals surface area contributed by atoms with E-state index in [4.69, 9.17) is 0 Å². The monoisotopic (exact) mass is 299 g/mol. The summed E-state index contributed by atoms with van der Waals surface area (Å²) in [6.07, 6.45) is -0.613. The van der Waals surface area contributed by atoms with Crippen LogP contribution in [0, 0.1) is 29.5 Å². The first-order valence-corrected chi connectivity index (χ1v) is 7.54. The first-order valence-electron chi connectivity index (χ1n) is 7.54. The van der Waals surface area contributed by atoms with E-state index in [1.165, 1.54) is 25.3 Å². The van der Waals surface area contributed by atoms with E-state index in [0.717, 1.165) is 17.9 Å². The second kappa shape index (κ2) is 4.45. The van der Waals surface area contributed by atoms with Gasteiger partial charge in [0.1, 0.15) is 5.82 Å². The van der Waals surface area contributed by atoms with Gasteiger partial charge in [0.25, 0.3) is 0 Å². The van der Waals surface area contributed by atoms with Crippen molar-refractivity contribution in [1.82, 2.24) is 5.32 Å². The maximum atomic E-state index is 13.1. The van der Waals surface area contributed by atoms with Crippen molar-refractivity contribution in [3.63, 3.8) is 0 Å². The standard InChI is InChI=1S/C16H17F4N/c17-11-4-3-10(12(6-11)16(18,19)20)7-21-15-13-8-1-2-9(5-8)14(13)15/h3-4,6,8-9,13-15,21H,1-2,5,7H2. The lowest BCUT2D eigenvalue weighted by Crippen LogP contribution is -2.24. The summed E-state index contributed by atoms with van der Waals surface area (Å²) in [5, 5.41) is 3.29. The molecule has 0 aromatic heterocycles. The molecule has 2 bridgehead atoms. The third kappa shape index (κ3) is 2.17. The fraction of sp³-hybridized carbons (Fsp3) is 0.625. The Bertz CT molecular complexity index is 552. The Morgan fingerprint density at radius 1 is 1.10 bits per heavy atom. The van der Waals surface area contributed by atoms with Crippen molar-refractivity contribution in [2.75, 3.05) is 0 Å². The molecule has 3 aliphatic rings. The van der Waals surface area contributed by atoms with E-state index >= 15 is 0 Å². The number of hydrogen-bond acceptors (Lipinski definition) is 1. The van der Waals surface area contributed by atoms with Crippen molar-refractivity contribution in [1.29, 1.82) is 0 Å². The van der Waals surface area contributed by atoms with Crippen LogP contribution >= 0.6 is 0 Å². The molecule has 1 N–H and O–H groups in total. The van der Waals surface area contributed by atoms with Gasteiger partial charge in [-0.15, -0.1) is 0 Å². The molecule has 114 valence electrons. The Morgan fingerprint density at radius 3 is 2.38 bits per heavy atom. The van der Waals surface area contributed by atoms with Crippen LogP contribution < -0.4 is 5.32 Å². The predicted molar refractivity (Wildman–Crippen MR) is 69.8 cm³/mol. The zero-order valence-corrected chi connectivity index (χ0v) is 11.5. The van der Waals surface area contributed by atoms with Crippen LogP contribution in [0.15, 0.2) is 18.2 Å². The smallest absolute Gasteiger partial charge is 0.309 e. The van der Waals surface area contributed by atoms with Crippen molar-refractivity contribution >= 4 is 0 Å². The van der Waals surface area contributed by atoms with Gasteiger partial charge >= 0.3 is 6.18 Å². The van der Waals surface area contributed by atoms with Crippen LogP contribution in [0.25, 0.3) is 0 Å². The van der Waals surface area contributed by atoms with Crippen LogP contribution in [0.3, 0.4) is 0 Å². The minimum absolute atomic E-state index is 0.140. The lowest BCUT2D eigenvalue weighted by molar-refractivity contribution is -0.138. The van der Waals surface area contributed by atoms with Crippen LogP contribution in [-0.4, -0.2) is 6.04 Å². The number of nitrogens with one attached hydrogen (secondary N) is 1. The summed E-state index contributed by atoms with van der Waals surface area (Å²) in [4.78, 5) is 0. The summed E-state index contributed by atoms with van der Waals surface area (Å²) in [5.74, 6) is 2.09. The highest BCUT2D eigenvalue weighted by Crippen LogP contribution is 2.65. The van der Waals surface area contributed by atoms with E-state index in [1.54, 1.807) is 0 Å². The summed E-state index contributed by atoms with van der Waals surface area (Å²) in [7, 11) is 0. The van der Waals surface area contributed by atoms with Gasteiger partial charge in [0.2, 0.25) is 0 Å². The summed E-state index contributed by atoms with van der Waals surface area (Å²) in [6.45, 7) is 0.173. The lowest BCUT2D eigenvalue weighted by atomic mass is 10.0. The molecule has 0 saturated heterocycles. The van der Waals surface area contributed by atoms with Crippen molar-refractivity contribution in [3.05, 3.63) is 35.1 Å². The van der Waals surface area contributed by atoms with Crippen LogP contribution in [0.4, 0.5) is 17.6 Å². The van der Waals surface area contributed by atoms with Crippen LogP contribution in [0.2, 0.25) is 0 Å². The summed E-state index contributed by atoms with van der Waals surface area (Å²) >= 11 is 0. The number of benzene rings is 1. The average Bonchev–Trinajstić information content (AvgIpc) is 2.80. The number of halogens is 4. The maximum Gasteiger partial charge on any atom is 0.416 e. The maximum absolute atomic E-state index is 13.1. The number of fused-ring (bicyclic) bond motifs is 5. The Balaban J connectivity index is 1.46. The van der Waals surface area contributed by atoms with Crippen LogP contribution in [-0.2, 0) is 12.7 Å². The minimum Gasteiger partial charge on any atom is -0.309 e. The van der Waals surface area contributed by atoms with Gasteiger partial charge in [-0.1, -0.05) is 6.07 Å². The molecule has 0 aliphatic heterocycles. The Kier molecular flexibility index (Phi) is 2.87. The zero-order valence-electron chi connectivity index (χ0n) is 11.5. The van der Waals surface area contributed by atoms with E-state index in [0.29, 0.717) is 23.9 Å². The molecule has 0 amide bonds. The molecular weight excluding hydrogens is 282 g/mol. The molecule has 1 aromatic carbocycles. The molecule has 5 heteroatoms. The fourth-order valence-corrected chi connectivity index (χ4v) is 4.79. The number of hydrogen-bond donors (Lipinski definition) is 1. The third-order valence-electron chi connectivity index (χ3n) is 5.64. The molecule has 21 heavy (non-hydrogen) atoms. The van der Waals surface area contributed by atoms with Crippen molar-refractivity contribution in [2.24, 2.45) is 23.7 Å². The third-order valence-corrected chi connectivity index (χ3v) is 5.64. The lowest BCUT2D eigenvalue weighted by Gasteiger charge is -2.15. The first-order chi connectivity index (χ1) is 9.95. The topological polar surface area (TPSA) is 12.0 Å². The Morgan fingerprint density at radius 2 is 1.76 bits per heavy atom. The van der Waals surface area contributed by atoms with Gasteiger partial charge in [-0.3, -0.25) is 0 Å². The van der Waals surface area contributed by atoms with E-state index < -0.39 is 17.6 Å². The average molecular weight is 299 g/mol. The molecule has 0 radical (unpaired) electrons.